The maximum atomic E-state index is 12.5. The molecule has 0 fully saturated rings. The zero-order valence-electron chi connectivity index (χ0n) is 15.2. The van der Waals surface area contributed by atoms with Gasteiger partial charge in [0.1, 0.15) is 11.6 Å². The van der Waals surface area contributed by atoms with E-state index in [4.69, 9.17) is 14.2 Å². The van der Waals surface area contributed by atoms with Crippen molar-refractivity contribution in [3.05, 3.63) is 41.0 Å². The number of benzene rings is 1. The van der Waals surface area contributed by atoms with E-state index in [0.717, 1.165) is 11.4 Å². The molecular formula is C18H23N3O4. The molecule has 0 radical (unpaired) electrons. The van der Waals surface area contributed by atoms with E-state index in [1.807, 2.05) is 19.9 Å². The predicted molar refractivity (Wildman–Crippen MR) is 93.6 cm³/mol. The van der Waals surface area contributed by atoms with Crippen LogP contribution < -0.4 is 19.5 Å². The van der Waals surface area contributed by atoms with Crippen LogP contribution in [-0.2, 0) is 6.42 Å². The van der Waals surface area contributed by atoms with E-state index in [0.29, 0.717) is 41.6 Å². The Labute approximate surface area is 147 Å². The number of hydrogen-bond donors (Lipinski definition) is 1. The SMILES string of the molecule is COc1cc(OC)c(C(=O)NCCc2nc(C)cc(C)n2)cc1OC. The lowest BCUT2D eigenvalue weighted by Gasteiger charge is -2.14. The number of carbonyl (C=O) groups is 1. The van der Waals surface area contributed by atoms with Crippen molar-refractivity contribution < 1.29 is 19.0 Å². The fourth-order valence-electron chi connectivity index (χ4n) is 2.50. The van der Waals surface area contributed by atoms with Gasteiger partial charge in [0.05, 0.1) is 26.9 Å². The summed E-state index contributed by atoms with van der Waals surface area (Å²) >= 11 is 0. The van der Waals surface area contributed by atoms with Crippen LogP contribution in [0.15, 0.2) is 18.2 Å². The second-order valence-corrected chi connectivity index (χ2v) is 5.48. The lowest BCUT2D eigenvalue weighted by Crippen LogP contribution is -2.26. The van der Waals surface area contributed by atoms with Crippen molar-refractivity contribution in [2.45, 2.75) is 20.3 Å². The second kappa shape index (κ2) is 8.32. The van der Waals surface area contributed by atoms with E-state index in [1.165, 1.54) is 21.3 Å². The standard InChI is InChI=1S/C18H23N3O4/c1-11-8-12(2)21-17(20-11)6-7-19-18(22)13-9-15(24-4)16(25-5)10-14(13)23-3/h8-10H,6-7H2,1-5H3,(H,19,22). The molecule has 0 unspecified atom stereocenters. The first-order chi connectivity index (χ1) is 12.0. The summed E-state index contributed by atoms with van der Waals surface area (Å²) in [6, 6.07) is 5.14. The molecule has 0 atom stereocenters. The average molecular weight is 345 g/mol. The quantitative estimate of drug-likeness (QED) is 0.827. The van der Waals surface area contributed by atoms with Gasteiger partial charge in [0.15, 0.2) is 11.5 Å². The Balaban J connectivity index is 2.09. The van der Waals surface area contributed by atoms with E-state index in [1.54, 1.807) is 12.1 Å². The molecule has 1 aromatic carbocycles. The molecule has 0 aliphatic heterocycles. The number of aromatic nitrogens is 2. The molecule has 0 aliphatic rings. The zero-order chi connectivity index (χ0) is 18.4. The van der Waals surface area contributed by atoms with Crippen molar-refractivity contribution in [2.24, 2.45) is 0 Å². The van der Waals surface area contributed by atoms with Crippen LogP contribution >= 0.6 is 0 Å². The summed E-state index contributed by atoms with van der Waals surface area (Å²) in [5.41, 5.74) is 2.20. The number of aryl methyl sites for hydroxylation is 2. The summed E-state index contributed by atoms with van der Waals surface area (Å²) in [5.74, 6) is 1.82. The monoisotopic (exact) mass is 345 g/mol. The van der Waals surface area contributed by atoms with Crippen molar-refractivity contribution in [1.82, 2.24) is 15.3 Å². The summed E-state index contributed by atoms with van der Waals surface area (Å²) in [5, 5.41) is 2.85. The normalized spacial score (nSPS) is 10.3. The second-order valence-electron chi connectivity index (χ2n) is 5.48. The van der Waals surface area contributed by atoms with Crippen molar-refractivity contribution in [3.63, 3.8) is 0 Å². The number of rotatable bonds is 7. The molecule has 0 aliphatic carbocycles. The van der Waals surface area contributed by atoms with Crippen LogP contribution in [0.2, 0.25) is 0 Å². The molecule has 1 N–H and O–H groups in total. The third-order valence-corrected chi connectivity index (χ3v) is 3.61. The molecule has 25 heavy (non-hydrogen) atoms. The van der Waals surface area contributed by atoms with Crippen molar-refractivity contribution in [2.75, 3.05) is 27.9 Å². The Morgan fingerprint density at radius 1 is 0.920 bits per heavy atom. The molecule has 7 heteroatoms. The van der Waals surface area contributed by atoms with Crippen LogP contribution in [0.5, 0.6) is 17.2 Å². The fourth-order valence-corrected chi connectivity index (χ4v) is 2.50. The van der Waals surface area contributed by atoms with E-state index in [-0.39, 0.29) is 5.91 Å². The highest BCUT2D eigenvalue weighted by Gasteiger charge is 2.17. The lowest BCUT2D eigenvalue weighted by atomic mass is 10.1. The van der Waals surface area contributed by atoms with Gasteiger partial charge in [0, 0.05) is 36.5 Å². The third-order valence-electron chi connectivity index (χ3n) is 3.61. The first kappa shape index (κ1) is 18.5. The Morgan fingerprint density at radius 3 is 2.04 bits per heavy atom. The largest absolute Gasteiger partial charge is 0.496 e. The predicted octanol–water partition coefficient (Wildman–Crippen LogP) is 2.09. The smallest absolute Gasteiger partial charge is 0.255 e. The molecule has 0 saturated heterocycles. The minimum absolute atomic E-state index is 0.262. The first-order valence-electron chi connectivity index (χ1n) is 7.87. The minimum atomic E-state index is -0.262. The number of nitrogens with zero attached hydrogens (tertiary/aromatic N) is 2. The molecule has 1 heterocycles. The van der Waals surface area contributed by atoms with E-state index < -0.39 is 0 Å². The van der Waals surface area contributed by atoms with E-state index in [2.05, 4.69) is 15.3 Å². The molecule has 0 bridgehead atoms. The van der Waals surface area contributed by atoms with Crippen LogP contribution in [0.4, 0.5) is 0 Å². The number of carbonyl (C=O) groups excluding carboxylic acids is 1. The van der Waals surface area contributed by atoms with Gasteiger partial charge in [-0.2, -0.15) is 0 Å². The summed E-state index contributed by atoms with van der Waals surface area (Å²) in [4.78, 5) is 21.2. The van der Waals surface area contributed by atoms with Crippen molar-refractivity contribution in [1.29, 1.82) is 0 Å². The molecule has 134 valence electrons. The molecule has 7 nitrogen and oxygen atoms in total. The Morgan fingerprint density at radius 2 is 1.48 bits per heavy atom. The third kappa shape index (κ3) is 4.59. The number of hydrogen-bond acceptors (Lipinski definition) is 6. The van der Waals surface area contributed by atoms with Crippen LogP contribution in [0.3, 0.4) is 0 Å². The number of ether oxygens (including phenoxy) is 3. The zero-order valence-corrected chi connectivity index (χ0v) is 15.2. The van der Waals surface area contributed by atoms with Gasteiger partial charge in [-0.25, -0.2) is 9.97 Å². The van der Waals surface area contributed by atoms with Gasteiger partial charge in [-0.05, 0) is 19.9 Å². The summed E-state index contributed by atoms with van der Waals surface area (Å²) in [7, 11) is 4.55. The van der Waals surface area contributed by atoms with Gasteiger partial charge in [-0.3, -0.25) is 4.79 Å². The molecule has 1 aromatic heterocycles. The van der Waals surface area contributed by atoms with E-state index >= 15 is 0 Å². The van der Waals surface area contributed by atoms with Gasteiger partial charge in [0.25, 0.3) is 5.91 Å². The van der Waals surface area contributed by atoms with Gasteiger partial charge < -0.3 is 19.5 Å². The first-order valence-corrected chi connectivity index (χ1v) is 7.87. The summed E-state index contributed by atoms with van der Waals surface area (Å²) in [6.07, 6.45) is 0.546. The minimum Gasteiger partial charge on any atom is -0.496 e. The summed E-state index contributed by atoms with van der Waals surface area (Å²) < 4.78 is 15.8. The highest BCUT2D eigenvalue weighted by Crippen LogP contribution is 2.34. The van der Waals surface area contributed by atoms with Crippen LogP contribution in [0.1, 0.15) is 27.6 Å². The van der Waals surface area contributed by atoms with Crippen molar-refractivity contribution in [3.8, 4) is 17.2 Å². The van der Waals surface area contributed by atoms with Gasteiger partial charge in [-0.1, -0.05) is 0 Å². The maximum absolute atomic E-state index is 12.5. The Kier molecular flexibility index (Phi) is 6.16. The van der Waals surface area contributed by atoms with Crippen molar-refractivity contribution >= 4 is 5.91 Å². The van der Waals surface area contributed by atoms with Gasteiger partial charge >= 0.3 is 0 Å². The molecule has 1 amide bonds. The lowest BCUT2D eigenvalue weighted by molar-refractivity contribution is 0.0950. The number of methoxy groups -OCH3 is 3. The van der Waals surface area contributed by atoms with Crippen LogP contribution in [0.25, 0.3) is 0 Å². The van der Waals surface area contributed by atoms with Gasteiger partial charge in [-0.15, -0.1) is 0 Å². The van der Waals surface area contributed by atoms with E-state index in [9.17, 15) is 4.79 Å². The maximum Gasteiger partial charge on any atom is 0.255 e. The highest BCUT2D eigenvalue weighted by atomic mass is 16.5. The molecule has 2 rings (SSSR count). The molecule has 2 aromatic rings. The summed E-state index contributed by atoms with van der Waals surface area (Å²) in [6.45, 7) is 4.26. The van der Waals surface area contributed by atoms with Crippen LogP contribution in [-0.4, -0.2) is 43.7 Å². The fraction of sp³-hybridized carbons (Fsp3) is 0.389. The van der Waals surface area contributed by atoms with Crippen LogP contribution in [0, 0.1) is 13.8 Å². The van der Waals surface area contributed by atoms with Gasteiger partial charge in [0.2, 0.25) is 0 Å². The Hall–Kier alpha value is -2.83. The topological polar surface area (TPSA) is 82.6 Å². The molecular weight excluding hydrogens is 322 g/mol. The highest BCUT2D eigenvalue weighted by molar-refractivity contribution is 5.97. The molecule has 0 spiro atoms. The molecule has 0 saturated carbocycles. The average Bonchev–Trinajstić information content (AvgIpc) is 2.59. The Bertz CT molecular complexity index is 742. The number of amides is 1. The number of nitrogens with one attached hydrogen (secondary N) is 1.